The van der Waals surface area contributed by atoms with Crippen molar-refractivity contribution in [3.8, 4) is 11.5 Å². The molecule has 1 amide bonds. The molecule has 2 N–H and O–H groups in total. The number of halogens is 1. The normalized spacial score (nSPS) is 24.5. The maximum Gasteiger partial charge on any atom is 0.251 e. The summed E-state index contributed by atoms with van der Waals surface area (Å²) in [4.78, 5) is 12.4. The van der Waals surface area contributed by atoms with Crippen molar-refractivity contribution in [2.45, 2.75) is 19.4 Å². The summed E-state index contributed by atoms with van der Waals surface area (Å²) in [7, 11) is 0. The van der Waals surface area contributed by atoms with Gasteiger partial charge in [0, 0.05) is 18.2 Å². The van der Waals surface area contributed by atoms with Crippen LogP contribution < -0.4 is 20.1 Å². The molecule has 20 heavy (non-hydrogen) atoms. The molecule has 0 radical (unpaired) electrons. The average molecular weight is 341 g/mol. The van der Waals surface area contributed by atoms with Gasteiger partial charge in [0.1, 0.15) is 0 Å². The molecule has 5 nitrogen and oxygen atoms in total. The number of hydrogen-bond donors (Lipinski definition) is 2. The molecule has 1 fully saturated rings. The van der Waals surface area contributed by atoms with Gasteiger partial charge in [-0.1, -0.05) is 6.92 Å². The standard InChI is InChI=1S/C14H17BrN2O3/c1-8-2-3-16-6-11(8)17-14(18)9-4-10(15)13-12(5-9)19-7-20-13/h4-5,8,11,16H,2-3,6-7H2,1H3,(H,17,18). The Labute approximate surface area is 126 Å². The fourth-order valence-electron chi connectivity index (χ4n) is 2.53. The number of fused-ring (bicyclic) bond motifs is 1. The molecule has 2 aliphatic heterocycles. The number of carbonyl (C=O) groups excluding carboxylic acids is 1. The van der Waals surface area contributed by atoms with Gasteiger partial charge in [0.05, 0.1) is 4.47 Å². The Balaban J connectivity index is 1.75. The van der Waals surface area contributed by atoms with E-state index < -0.39 is 0 Å². The lowest BCUT2D eigenvalue weighted by Gasteiger charge is -2.30. The van der Waals surface area contributed by atoms with Crippen LogP contribution in [-0.2, 0) is 0 Å². The molecule has 2 unspecified atom stereocenters. The number of rotatable bonds is 2. The third kappa shape index (κ3) is 2.62. The van der Waals surface area contributed by atoms with Crippen LogP contribution in [0.15, 0.2) is 16.6 Å². The number of nitrogens with one attached hydrogen (secondary N) is 2. The first-order valence-electron chi connectivity index (χ1n) is 6.76. The van der Waals surface area contributed by atoms with Gasteiger partial charge in [0.2, 0.25) is 6.79 Å². The van der Waals surface area contributed by atoms with Crippen LogP contribution in [0.4, 0.5) is 0 Å². The molecule has 6 heteroatoms. The first kappa shape index (κ1) is 13.7. The van der Waals surface area contributed by atoms with Gasteiger partial charge in [-0.15, -0.1) is 0 Å². The van der Waals surface area contributed by atoms with E-state index in [1.54, 1.807) is 12.1 Å². The van der Waals surface area contributed by atoms with Crippen LogP contribution in [-0.4, -0.2) is 31.8 Å². The van der Waals surface area contributed by atoms with Crippen LogP contribution in [0.25, 0.3) is 0 Å². The number of carbonyl (C=O) groups is 1. The van der Waals surface area contributed by atoms with Crippen LogP contribution in [0.2, 0.25) is 0 Å². The lowest BCUT2D eigenvalue weighted by molar-refractivity contribution is 0.0914. The fourth-order valence-corrected chi connectivity index (χ4v) is 3.09. The minimum Gasteiger partial charge on any atom is -0.454 e. The van der Waals surface area contributed by atoms with Crippen molar-refractivity contribution in [1.29, 1.82) is 0 Å². The van der Waals surface area contributed by atoms with Gasteiger partial charge in [0.15, 0.2) is 11.5 Å². The van der Waals surface area contributed by atoms with Crippen LogP contribution in [0.1, 0.15) is 23.7 Å². The van der Waals surface area contributed by atoms with E-state index in [1.165, 1.54) is 0 Å². The molecule has 1 saturated heterocycles. The van der Waals surface area contributed by atoms with Crippen molar-refractivity contribution in [2.24, 2.45) is 5.92 Å². The number of ether oxygens (including phenoxy) is 2. The van der Waals surface area contributed by atoms with Crippen molar-refractivity contribution in [3.05, 3.63) is 22.2 Å². The topological polar surface area (TPSA) is 59.6 Å². The van der Waals surface area contributed by atoms with E-state index in [1.807, 2.05) is 0 Å². The Kier molecular flexibility index (Phi) is 3.85. The van der Waals surface area contributed by atoms with Crippen LogP contribution >= 0.6 is 15.9 Å². The molecule has 1 aromatic carbocycles. The summed E-state index contributed by atoms with van der Waals surface area (Å²) in [6, 6.07) is 3.66. The minimum atomic E-state index is -0.0791. The maximum atomic E-state index is 12.4. The summed E-state index contributed by atoms with van der Waals surface area (Å²) in [5.41, 5.74) is 0.582. The Morgan fingerprint density at radius 3 is 3.10 bits per heavy atom. The maximum absolute atomic E-state index is 12.4. The molecule has 3 rings (SSSR count). The van der Waals surface area contributed by atoms with Gasteiger partial charge in [-0.2, -0.15) is 0 Å². The third-order valence-corrected chi connectivity index (χ3v) is 4.42. The van der Waals surface area contributed by atoms with Crippen LogP contribution in [0.5, 0.6) is 11.5 Å². The Hall–Kier alpha value is -1.27. The van der Waals surface area contributed by atoms with Crippen molar-refractivity contribution in [1.82, 2.24) is 10.6 Å². The van der Waals surface area contributed by atoms with E-state index in [4.69, 9.17) is 9.47 Å². The molecule has 0 bridgehead atoms. The van der Waals surface area contributed by atoms with E-state index in [9.17, 15) is 4.79 Å². The minimum absolute atomic E-state index is 0.0791. The van der Waals surface area contributed by atoms with Gasteiger partial charge >= 0.3 is 0 Å². The third-order valence-electron chi connectivity index (χ3n) is 3.83. The van der Waals surface area contributed by atoms with Gasteiger partial charge in [-0.3, -0.25) is 4.79 Å². The summed E-state index contributed by atoms with van der Waals surface area (Å²) in [6.45, 7) is 4.20. The number of amides is 1. The lowest BCUT2D eigenvalue weighted by Crippen LogP contribution is -2.50. The molecule has 108 valence electrons. The molecule has 2 atom stereocenters. The Morgan fingerprint density at radius 2 is 2.30 bits per heavy atom. The lowest BCUT2D eigenvalue weighted by atomic mass is 9.94. The molecule has 2 heterocycles. The van der Waals surface area contributed by atoms with Gasteiger partial charge < -0.3 is 20.1 Å². The molecule has 0 saturated carbocycles. The molecule has 0 aromatic heterocycles. The van der Waals surface area contributed by atoms with Crippen molar-refractivity contribution < 1.29 is 14.3 Å². The van der Waals surface area contributed by atoms with E-state index in [0.717, 1.165) is 24.0 Å². The van der Waals surface area contributed by atoms with E-state index >= 15 is 0 Å². The number of piperidine rings is 1. The second-order valence-corrected chi connectivity index (χ2v) is 6.10. The van der Waals surface area contributed by atoms with Crippen molar-refractivity contribution in [3.63, 3.8) is 0 Å². The highest BCUT2D eigenvalue weighted by molar-refractivity contribution is 9.10. The monoisotopic (exact) mass is 340 g/mol. The predicted octanol–water partition coefficient (Wildman–Crippen LogP) is 1.91. The highest BCUT2D eigenvalue weighted by Gasteiger charge is 2.25. The fraction of sp³-hybridized carbons (Fsp3) is 0.500. The molecular formula is C14H17BrN2O3. The molecule has 0 spiro atoms. The quantitative estimate of drug-likeness (QED) is 0.863. The second-order valence-electron chi connectivity index (χ2n) is 5.24. The van der Waals surface area contributed by atoms with Gasteiger partial charge in [-0.25, -0.2) is 0 Å². The Bertz CT molecular complexity index is 535. The molecule has 2 aliphatic rings. The van der Waals surface area contributed by atoms with E-state index in [0.29, 0.717) is 23.0 Å². The zero-order chi connectivity index (χ0) is 14.1. The number of benzene rings is 1. The van der Waals surface area contributed by atoms with E-state index in [2.05, 4.69) is 33.5 Å². The predicted molar refractivity (Wildman–Crippen MR) is 78.2 cm³/mol. The average Bonchev–Trinajstić information content (AvgIpc) is 2.90. The SMILES string of the molecule is CC1CCNCC1NC(=O)c1cc(Br)c2c(c1)OCO2. The van der Waals surface area contributed by atoms with Gasteiger partial charge in [0.25, 0.3) is 5.91 Å². The molecule has 0 aliphatic carbocycles. The highest BCUT2D eigenvalue weighted by atomic mass is 79.9. The molecule has 1 aromatic rings. The zero-order valence-electron chi connectivity index (χ0n) is 11.2. The van der Waals surface area contributed by atoms with Crippen molar-refractivity contribution in [2.75, 3.05) is 19.9 Å². The van der Waals surface area contributed by atoms with Crippen LogP contribution in [0.3, 0.4) is 0 Å². The zero-order valence-corrected chi connectivity index (χ0v) is 12.8. The summed E-state index contributed by atoms with van der Waals surface area (Å²) >= 11 is 3.41. The van der Waals surface area contributed by atoms with E-state index in [-0.39, 0.29) is 18.7 Å². The molecular weight excluding hydrogens is 324 g/mol. The number of hydrogen-bond acceptors (Lipinski definition) is 4. The summed E-state index contributed by atoms with van der Waals surface area (Å²) in [5.74, 6) is 1.68. The first-order chi connectivity index (χ1) is 9.65. The smallest absolute Gasteiger partial charge is 0.251 e. The summed E-state index contributed by atoms with van der Waals surface area (Å²) in [6.07, 6.45) is 1.08. The summed E-state index contributed by atoms with van der Waals surface area (Å²) < 4.78 is 11.4. The summed E-state index contributed by atoms with van der Waals surface area (Å²) in [5, 5.41) is 6.39. The second kappa shape index (κ2) is 5.61. The van der Waals surface area contributed by atoms with Crippen LogP contribution in [0, 0.1) is 5.92 Å². The van der Waals surface area contributed by atoms with Gasteiger partial charge in [-0.05, 0) is 46.9 Å². The highest BCUT2D eigenvalue weighted by Crippen LogP contribution is 2.39. The van der Waals surface area contributed by atoms with Crippen molar-refractivity contribution >= 4 is 21.8 Å². The largest absolute Gasteiger partial charge is 0.454 e. The Morgan fingerprint density at radius 1 is 1.45 bits per heavy atom. The first-order valence-corrected chi connectivity index (χ1v) is 7.55.